The number of hydrogen-bond acceptors (Lipinski definition) is 10. The molecule has 1 aliphatic heterocycles. The first kappa shape index (κ1) is 27.7. The molecule has 1 aliphatic rings. The average molecular weight is 594 g/mol. The minimum absolute atomic E-state index is 0.0262. The van der Waals surface area contributed by atoms with Crippen LogP contribution in [-0.4, -0.2) is 50.9 Å². The highest BCUT2D eigenvalue weighted by atomic mass is 32.2. The van der Waals surface area contributed by atoms with E-state index in [1.807, 2.05) is 0 Å². The van der Waals surface area contributed by atoms with Crippen LogP contribution in [0.25, 0.3) is 17.2 Å². The summed E-state index contributed by atoms with van der Waals surface area (Å²) in [4.78, 5) is 55.1. The number of thiophene rings is 1. The van der Waals surface area contributed by atoms with E-state index in [2.05, 4.69) is 15.0 Å². The van der Waals surface area contributed by atoms with E-state index in [4.69, 9.17) is 12.2 Å². The molecule has 2 aromatic heterocycles. The molecule has 0 aliphatic carbocycles. The predicted octanol–water partition coefficient (Wildman–Crippen LogP) is 5.13. The fourth-order valence-corrected chi connectivity index (χ4v) is 6.14. The standard InChI is InChI=1S/C24H17F2N3O5S4/c1-2-34-22(33)20(31)17-11-37-23(27-17)28-19(30)5-6-29-21(32)18(38-24(29)35)9-14-7-13(10-36-14)12-3-4-15(25)16(26)8-12/h3-4,7-11H,2,5-6H2,1H3,(H,27,28,30). The molecule has 0 atom stereocenters. The largest absolute Gasteiger partial charge is 0.460 e. The Bertz CT molecular complexity index is 1480. The minimum atomic E-state index is -1.03. The summed E-state index contributed by atoms with van der Waals surface area (Å²) < 4.78 is 31.7. The number of amides is 2. The molecule has 8 nitrogen and oxygen atoms in total. The maximum Gasteiger partial charge on any atom is 0.381 e. The molecule has 1 N–H and O–H groups in total. The zero-order valence-corrected chi connectivity index (χ0v) is 22.8. The Labute approximate surface area is 232 Å². The van der Waals surface area contributed by atoms with Crippen LogP contribution in [0.3, 0.4) is 0 Å². The van der Waals surface area contributed by atoms with Crippen molar-refractivity contribution in [2.45, 2.75) is 13.3 Å². The number of thioether (sulfide) groups is 1. The van der Waals surface area contributed by atoms with Crippen LogP contribution in [-0.2, 0) is 19.1 Å². The second-order valence-corrected chi connectivity index (χ2v) is 11.1. The SMILES string of the molecule is CCOC(=O)C(=O)c1csc(NC(=O)CCN2C(=O)C(=Cc3cc(-c4ccc(F)c(F)c4)cs3)SC2=S)n1. The summed E-state index contributed by atoms with van der Waals surface area (Å²) >= 11 is 8.71. The molecule has 38 heavy (non-hydrogen) atoms. The minimum Gasteiger partial charge on any atom is -0.460 e. The van der Waals surface area contributed by atoms with Gasteiger partial charge in [-0.2, -0.15) is 0 Å². The molecule has 1 aromatic carbocycles. The first-order chi connectivity index (χ1) is 18.2. The molecular formula is C24H17F2N3O5S4. The van der Waals surface area contributed by atoms with Crippen LogP contribution < -0.4 is 5.32 Å². The van der Waals surface area contributed by atoms with Gasteiger partial charge < -0.3 is 10.1 Å². The molecule has 196 valence electrons. The molecule has 0 spiro atoms. The van der Waals surface area contributed by atoms with Crippen molar-refractivity contribution in [2.75, 3.05) is 18.5 Å². The van der Waals surface area contributed by atoms with E-state index < -0.39 is 29.3 Å². The van der Waals surface area contributed by atoms with Crippen molar-refractivity contribution in [3.63, 3.8) is 0 Å². The number of nitrogens with one attached hydrogen (secondary N) is 1. The van der Waals surface area contributed by atoms with Gasteiger partial charge in [-0.05, 0) is 47.7 Å². The lowest BCUT2D eigenvalue weighted by Crippen LogP contribution is -2.31. The maximum absolute atomic E-state index is 13.6. The zero-order chi connectivity index (χ0) is 27.4. The number of rotatable bonds is 9. The van der Waals surface area contributed by atoms with Crippen molar-refractivity contribution < 1.29 is 32.7 Å². The molecule has 0 saturated carbocycles. The van der Waals surface area contributed by atoms with Gasteiger partial charge in [0, 0.05) is 23.2 Å². The number of ether oxygens (including phenoxy) is 1. The van der Waals surface area contributed by atoms with Gasteiger partial charge in [0.25, 0.3) is 11.7 Å². The van der Waals surface area contributed by atoms with E-state index in [1.54, 1.807) is 24.4 Å². The first-order valence-corrected chi connectivity index (χ1v) is 13.9. The lowest BCUT2D eigenvalue weighted by molar-refractivity contribution is -0.137. The number of ketones is 1. The summed E-state index contributed by atoms with van der Waals surface area (Å²) in [7, 11) is 0. The molecule has 0 radical (unpaired) electrons. The lowest BCUT2D eigenvalue weighted by Gasteiger charge is -2.13. The molecule has 1 saturated heterocycles. The Morgan fingerprint density at radius 2 is 1.92 bits per heavy atom. The number of esters is 1. The average Bonchev–Trinajstić information content (AvgIpc) is 3.60. The number of anilines is 1. The van der Waals surface area contributed by atoms with Gasteiger partial charge in [-0.1, -0.05) is 30.0 Å². The Morgan fingerprint density at radius 3 is 2.66 bits per heavy atom. The van der Waals surface area contributed by atoms with Gasteiger partial charge in [-0.25, -0.2) is 18.6 Å². The smallest absolute Gasteiger partial charge is 0.381 e. The van der Waals surface area contributed by atoms with E-state index in [1.165, 1.54) is 27.7 Å². The van der Waals surface area contributed by atoms with Crippen LogP contribution in [0.4, 0.5) is 13.9 Å². The zero-order valence-electron chi connectivity index (χ0n) is 19.5. The number of nitrogens with zero attached hydrogens (tertiary/aromatic N) is 2. The van der Waals surface area contributed by atoms with Crippen molar-refractivity contribution in [1.29, 1.82) is 0 Å². The van der Waals surface area contributed by atoms with Crippen molar-refractivity contribution in [3.8, 4) is 11.1 Å². The Morgan fingerprint density at radius 1 is 1.13 bits per heavy atom. The number of Topliss-reactive ketones (excluding diaryl/α,β-unsaturated/α-hetero) is 1. The number of aromatic nitrogens is 1. The monoisotopic (exact) mass is 593 g/mol. The van der Waals surface area contributed by atoms with Crippen molar-refractivity contribution in [1.82, 2.24) is 9.88 Å². The third kappa shape index (κ3) is 6.38. The number of hydrogen-bond donors (Lipinski definition) is 1. The number of thiazole rings is 1. The molecular weight excluding hydrogens is 577 g/mol. The summed E-state index contributed by atoms with van der Waals surface area (Å²) in [5, 5.41) is 5.77. The maximum atomic E-state index is 13.6. The Hall–Kier alpha value is -3.33. The van der Waals surface area contributed by atoms with Gasteiger partial charge in [0.2, 0.25) is 5.91 Å². The normalized spacial score (nSPS) is 14.3. The number of halogens is 2. The van der Waals surface area contributed by atoms with Gasteiger partial charge >= 0.3 is 5.97 Å². The van der Waals surface area contributed by atoms with E-state index in [0.29, 0.717) is 20.4 Å². The van der Waals surface area contributed by atoms with Gasteiger partial charge in [-0.15, -0.1) is 22.7 Å². The van der Waals surface area contributed by atoms with E-state index >= 15 is 0 Å². The summed E-state index contributed by atoms with van der Waals surface area (Å²) in [6, 6.07) is 5.39. The number of carbonyl (C=O) groups is 4. The highest BCUT2D eigenvalue weighted by molar-refractivity contribution is 8.26. The summed E-state index contributed by atoms with van der Waals surface area (Å²) in [5.41, 5.74) is 1.06. The van der Waals surface area contributed by atoms with Crippen LogP contribution in [0.5, 0.6) is 0 Å². The van der Waals surface area contributed by atoms with Gasteiger partial charge in [0.05, 0.1) is 11.5 Å². The summed E-state index contributed by atoms with van der Waals surface area (Å²) in [6.45, 7) is 1.65. The number of carbonyl (C=O) groups excluding carboxylic acids is 4. The Balaban J connectivity index is 1.34. The van der Waals surface area contributed by atoms with Crippen LogP contribution in [0.2, 0.25) is 0 Å². The van der Waals surface area contributed by atoms with Gasteiger partial charge in [-0.3, -0.25) is 19.3 Å². The van der Waals surface area contributed by atoms with Crippen molar-refractivity contribution in [2.24, 2.45) is 0 Å². The molecule has 1 fully saturated rings. The van der Waals surface area contributed by atoms with Crippen LogP contribution in [0.1, 0.15) is 28.7 Å². The van der Waals surface area contributed by atoms with Crippen molar-refractivity contribution in [3.05, 3.63) is 62.1 Å². The third-order valence-corrected chi connectivity index (χ3v) is 8.04. The van der Waals surface area contributed by atoms with Crippen LogP contribution >= 0.6 is 46.7 Å². The molecule has 0 bridgehead atoms. The molecule has 14 heteroatoms. The fourth-order valence-electron chi connectivity index (χ4n) is 3.21. The molecule has 2 amide bonds. The van der Waals surface area contributed by atoms with Crippen LogP contribution in [0.15, 0.2) is 39.9 Å². The topological polar surface area (TPSA) is 106 Å². The molecule has 3 aromatic rings. The van der Waals surface area contributed by atoms with E-state index in [-0.39, 0.29) is 36.3 Å². The predicted molar refractivity (Wildman–Crippen MR) is 146 cm³/mol. The third-order valence-electron chi connectivity index (χ3n) is 5.03. The first-order valence-electron chi connectivity index (χ1n) is 10.9. The van der Waals surface area contributed by atoms with Gasteiger partial charge in [0.15, 0.2) is 16.8 Å². The molecule has 3 heterocycles. The van der Waals surface area contributed by atoms with Crippen LogP contribution in [0, 0.1) is 11.6 Å². The highest BCUT2D eigenvalue weighted by Crippen LogP contribution is 2.35. The van der Waals surface area contributed by atoms with E-state index in [9.17, 15) is 28.0 Å². The van der Waals surface area contributed by atoms with Gasteiger partial charge in [0.1, 0.15) is 10.0 Å². The highest BCUT2D eigenvalue weighted by Gasteiger charge is 2.32. The lowest BCUT2D eigenvalue weighted by atomic mass is 10.1. The fraction of sp³-hybridized carbons (Fsp3) is 0.167. The second-order valence-electron chi connectivity index (χ2n) is 7.59. The molecule has 0 unspecified atom stereocenters. The number of thiocarbonyl (C=S) groups is 1. The second kappa shape index (κ2) is 12.0. The quantitative estimate of drug-likeness (QED) is 0.120. The molecule has 4 rings (SSSR count). The Kier molecular flexibility index (Phi) is 8.76. The van der Waals surface area contributed by atoms with Crippen molar-refractivity contribution >= 4 is 85.7 Å². The summed E-state index contributed by atoms with van der Waals surface area (Å²) in [6.07, 6.45) is 1.57. The number of benzene rings is 1. The summed E-state index contributed by atoms with van der Waals surface area (Å²) in [5.74, 6) is -4.62. The van der Waals surface area contributed by atoms with E-state index in [0.717, 1.165) is 40.1 Å².